The molecule has 0 aliphatic carbocycles. The lowest BCUT2D eigenvalue weighted by atomic mass is 9.88. The number of carbonyl (C=O) groups is 1. The summed E-state index contributed by atoms with van der Waals surface area (Å²) in [5.74, 6) is -0.465. The van der Waals surface area contributed by atoms with E-state index < -0.39 is 41.7 Å². The van der Waals surface area contributed by atoms with Crippen LogP contribution in [0.3, 0.4) is 0 Å². The first-order valence-corrected chi connectivity index (χ1v) is 11.2. The van der Waals surface area contributed by atoms with Crippen LogP contribution in [0.4, 0.5) is 26.3 Å². The normalized spacial score (nSPS) is 26.5. The van der Waals surface area contributed by atoms with Crippen molar-refractivity contribution in [3.8, 4) is 0 Å². The number of amides is 1. The summed E-state index contributed by atoms with van der Waals surface area (Å²) in [6, 6.07) is 6.77. The van der Waals surface area contributed by atoms with Gasteiger partial charge in [0.1, 0.15) is 0 Å². The van der Waals surface area contributed by atoms with Crippen molar-refractivity contribution in [3.63, 3.8) is 0 Å². The van der Waals surface area contributed by atoms with Crippen LogP contribution in [0.25, 0.3) is 0 Å². The van der Waals surface area contributed by atoms with Crippen molar-refractivity contribution >= 4 is 5.91 Å². The van der Waals surface area contributed by atoms with Crippen LogP contribution in [0.5, 0.6) is 0 Å². The topological polar surface area (TPSA) is 63.2 Å². The fourth-order valence-corrected chi connectivity index (χ4v) is 4.98. The van der Waals surface area contributed by atoms with Crippen LogP contribution in [0.15, 0.2) is 42.6 Å². The highest BCUT2D eigenvalue weighted by molar-refractivity contribution is 5.80. The molecule has 35 heavy (non-hydrogen) atoms. The Morgan fingerprint density at radius 2 is 1.80 bits per heavy atom. The molecule has 4 unspecified atom stereocenters. The molecule has 5 nitrogen and oxygen atoms in total. The lowest BCUT2D eigenvalue weighted by Gasteiger charge is -2.39. The Morgan fingerprint density at radius 1 is 1.11 bits per heavy atom. The average Bonchev–Trinajstić information content (AvgIpc) is 3.07. The van der Waals surface area contributed by atoms with Crippen molar-refractivity contribution in [2.24, 2.45) is 5.92 Å². The Labute approximate surface area is 198 Å². The van der Waals surface area contributed by atoms with Crippen LogP contribution >= 0.6 is 0 Å². The van der Waals surface area contributed by atoms with E-state index in [0.717, 1.165) is 5.69 Å². The predicted molar refractivity (Wildman–Crippen MR) is 114 cm³/mol. The molecular formula is C24H25F6N3O2. The van der Waals surface area contributed by atoms with Crippen molar-refractivity contribution in [1.29, 1.82) is 0 Å². The van der Waals surface area contributed by atoms with Crippen LogP contribution in [0.2, 0.25) is 0 Å². The van der Waals surface area contributed by atoms with Crippen molar-refractivity contribution in [2.75, 3.05) is 0 Å². The second kappa shape index (κ2) is 9.42. The number of piperidine rings is 1. The van der Waals surface area contributed by atoms with E-state index in [-0.39, 0.29) is 36.0 Å². The molecule has 4 atom stereocenters. The number of hydrogen-bond donors (Lipinski definition) is 2. The molecule has 0 spiro atoms. The molecule has 1 aromatic carbocycles. The molecule has 1 amide bonds. The minimum atomic E-state index is -4.91. The summed E-state index contributed by atoms with van der Waals surface area (Å²) < 4.78 is 84.7. The standard InChI is InChI=1S/C24H25F6N3O2/c1-22-11-18(21(34)32-12-17-4-2-3-7-31-17)19(33-22)5-6-20(22)35-13-14-8-15(23(25,26)27)10-16(9-14)24(28,29)30/h2-4,7-10,18-20,33H,5-6,11-13H2,1H3,(H,32,34). The molecular weight excluding hydrogens is 476 g/mol. The first-order chi connectivity index (χ1) is 16.3. The van der Waals surface area contributed by atoms with Crippen LogP contribution < -0.4 is 10.6 Å². The van der Waals surface area contributed by atoms with Crippen molar-refractivity contribution in [1.82, 2.24) is 15.6 Å². The molecule has 2 aliphatic rings. The SMILES string of the molecule is CC12CC(C(=O)NCc3ccccn3)C(CCC1OCc1cc(C(F)(F)F)cc(C(F)(F)F)c1)N2. The summed E-state index contributed by atoms with van der Waals surface area (Å²) in [6.45, 7) is 1.75. The molecule has 2 fully saturated rings. The summed E-state index contributed by atoms with van der Waals surface area (Å²) in [5, 5.41) is 6.28. The predicted octanol–water partition coefficient (Wildman–Crippen LogP) is 4.85. The van der Waals surface area contributed by atoms with Gasteiger partial charge in [-0.2, -0.15) is 26.3 Å². The number of alkyl halides is 6. The third kappa shape index (κ3) is 5.78. The van der Waals surface area contributed by atoms with Gasteiger partial charge in [0.2, 0.25) is 5.91 Å². The zero-order valence-corrected chi connectivity index (χ0v) is 18.8. The van der Waals surface area contributed by atoms with Gasteiger partial charge in [-0.3, -0.25) is 9.78 Å². The van der Waals surface area contributed by atoms with Crippen molar-refractivity contribution < 1.29 is 35.9 Å². The van der Waals surface area contributed by atoms with E-state index in [1.165, 1.54) is 0 Å². The summed E-state index contributed by atoms with van der Waals surface area (Å²) >= 11 is 0. The summed E-state index contributed by atoms with van der Waals surface area (Å²) in [5.41, 5.74) is -2.86. The Morgan fingerprint density at radius 3 is 2.40 bits per heavy atom. The minimum absolute atomic E-state index is 0.0889. The molecule has 0 radical (unpaired) electrons. The van der Waals surface area contributed by atoms with Gasteiger partial charge in [-0.1, -0.05) is 6.07 Å². The Balaban J connectivity index is 1.42. The number of rotatable bonds is 6. The molecule has 11 heteroatoms. The summed E-state index contributed by atoms with van der Waals surface area (Å²) in [6.07, 6.45) is -7.10. The lowest BCUT2D eigenvalue weighted by Crippen LogP contribution is -2.55. The molecule has 2 saturated heterocycles. The van der Waals surface area contributed by atoms with Gasteiger partial charge < -0.3 is 15.4 Å². The fraction of sp³-hybridized carbons (Fsp3) is 0.500. The van der Waals surface area contributed by atoms with E-state index in [9.17, 15) is 31.1 Å². The summed E-state index contributed by atoms with van der Waals surface area (Å²) in [4.78, 5) is 17.0. The Kier molecular flexibility index (Phi) is 6.85. The third-order valence-electron chi connectivity index (χ3n) is 6.70. The van der Waals surface area contributed by atoms with Gasteiger partial charge >= 0.3 is 12.4 Å². The highest BCUT2D eigenvalue weighted by Gasteiger charge is 2.52. The number of nitrogens with one attached hydrogen (secondary N) is 2. The van der Waals surface area contributed by atoms with Gasteiger partial charge in [0, 0.05) is 17.8 Å². The molecule has 3 heterocycles. The average molecular weight is 501 g/mol. The summed E-state index contributed by atoms with van der Waals surface area (Å²) in [7, 11) is 0. The third-order valence-corrected chi connectivity index (χ3v) is 6.70. The van der Waals surface area contributed by atoms with Gasteiger partial charge in [0.25, 0.3) is 0 Å². The second-order valence-electron chi connectivity index (χ2n) is 9.31. The van der Waals surface area contributed by atoms with Crippen LogP contribution in [0.1, 0.15) is 48.6 Å². The lowest BCUT2D eigenvalue weighted by molar-refractivity contribution is -0.143. The maximum Gasteiger partial charge on any atom is 0.416 e. The number of aromatic nitrogens is 1. The molecule has 2 aliphatic heterocycles. The number of benzene rings is 1. The van der Waals surface area contributed by atoms with Crippen LogP contribution in [-0.2, 0) is 35.0 Å². The van der Waals surface area contributed by atoms with E-state index in [4.69, 9.17) is 4.74 Å². The molecule has 2 N–H and O–H groups in total. The second-order valence-corrected chi connectivity index (χ2v) is 9.31. The van der Waals surface area contributed by atoms with Crippen molar-refractivity contribution in [3.05, 3.63) is 65.0 Å². The zero-order valence-electron chi connectivity index (χ0n) is 18.8. The van der Waals surface area contributed by atoms with Gasteiger partial charge in [0.05, 0.1) is 42.0 Å². The fourth-order valence-electron chi connectivity index (χ4n) is 4.98. The largest absolute Gasteiger partial charge is 0.416 e. The number of fused-ring (bicyclic) bond motifs is 2. The maximum absolute atomic E-state index is 13.1. The molecule has 1 aromatic heterocycles. The molecule has 2 aromatic rings. The molecule has 190 valence electrons. The highest BCUT2D eigenvalue weighted by atomic mass is 19.4. The quantitative estimate of drug-likeness (QED) is 0.556. The molecule has 2 bridgehead atoms. The van der Waals surface area contributed by atoms with Gasteiger partial charge in [-0.25, -0.2) is 0 Å². The van der Waals surface area contributed by atoms with Crippen LogP contribution in [-0.4, -0.2) is 28.6 Å². The Bertz CT molecular complexity index is 1030. The first-order valence-electron chi connectivity index (χ1n) is 11.2. The van der Waals surface area contributed by atoms with E-state index in [0.29, 0.717) is 31.4 Å². The number of pyridine rings is 1. The minimum Gasteiger partial charge on any atom is -0.372 e. The van der Waals surface area contributed by atoms with E-state index in [1.54, 1.807) is 18.3 Å². The van der Waals surface area contributed by atoms with Gasteiger partial charge in [-0.15, -0.1) is 0 Å². The molecule has 0 saturated carbocycles. The maximum atomic E-state index is 13.1. The molecule has 4 rings (SSSR count). The number of hydrogen-bond acceptors (Lipinski definition) is 4. The van der Waals surface area contributed by atoms with Gasteiger partial charge in [-0.05, 0) is 62.1 Å². The van der Waals surface area contributed by atoms with Gasteiger partial charge in [0.15, 0.2) is 0 Å². The van der Waals surface area contributed by atoms with Crippen LogP contribution in [0, 0.1) is 5.92 Å². The number of ether oxygens (including phenoxy) is 1. The number of nitrogens with zero attached hydrogens (tertiary/aromatic N) is 1. The number of halogens is 6. The van der Waals surface area contributed by atoms with E-state index in [1.807, 2.05) is 13.0 Å². The smallest absolute Gasteiger partial charge is 0.372 e. The zero-order chi connectivity index (χ0) is 25.4. The Hall–Kier alpha value is -2.66. The van der Waals surface area contributed by atoms with Crippen molar-refractivity contribution in [2.45, 2.75) is 69.4 Å². The number of carbonyl (C=O) groups excluding carboxylic acids is 1. The van der Waals surface area contributed by atoms with E-state index in [2.05, 4.69) is 15.6 Å². The first kappa shape index (κ1) is 25.4. The monoisotopic (exact) mass is 501 g/mol. The van der Waals surface area contributed by atoms with E-state index >= 15 is 0 Å². The highest BCUT2D eigenvalue weighted by Crippen LogP contribution is 2.42.